The Morgan fingerprint density at radius 3 is 2.31 bits per heavy atom. The molecule has 0 saturated heterocycles. The molecule has 0 saturated carbocycles. The van der Waals surface area contributed by atoms with Gasteiger partial charge in [0.1, 0.15) is 11.8 Å². The Kier molecular flexibility index (Phi) is 9.92. The van der Waals surface area contributed by atoms with E-state index in [-0.39, 0.29) is 5.02 Å². The van der Waals surface area contributed by atoms with Gasteiger partial charge in [-0.2, -0.15) is 13.2 Å². The zero-order valence-corrected chi connectivity index (χ0v) is 20.7. The van der Waals surface area contributed by atoms with Crippen LogP contribution in [0.25, 0.3) is 6.08 Å². The molecule has 10 heteroatoms. The van der Waals surface area contributed by atoms with Crippen LogP contribution in [0.4, 0.5) is 13.2 Å². The molecule has 0 unspecified atom stereocenters. The van der Waals surface area contributed by atoms with Gasteiger partial charge in [0.15, 0.2) is 5.78 Å². The van der Waals surface area contributed by atoms with Gasteiger partial charge >= 0.3 is 6.18 Å². The summed E-state index contributed by atoms with van der Waals surface area (Å²) in [6.07, 6.45) is -3.18. The van der Waals surface area contributed by atoms with E-state index in [9.17, 15) is 27.6 Å². The fourth-order valence-corrected chi connectivity index (χ4v) is 3.63. The molecule has 1 amide bonds. The summed E-state index contributed by atoms with van der Waals surface area (Å²) < 4.78 is 44.4. The number of carbonyl (C=O) groups excluding carboxylic acids is 3. The van der Waals surface area contributed by atoms with Crippen LogP contribution in [-0.4, -0.2) is 30.8 Å². The van der Waals surface area contributed by atoms with E-state index in [0.717, 1.165) is 6.08 Å². The number of ketones is 2. The summed E-state index contributed by atoms with van der Waals surface area (Å²) in [6.45, 7) is 2.86. The van der Waals surface area contributed by atoms with Crippen molar-refractivity contribution in [1.82, 2.24) is 5.32 Å². The average molecular weight is 530 g/mol. The maximum absolute atomic E-state index is 13.2. The first-order valence-electron chi connectivity index (χ1n) is 10.5. The van der Waals surface area contributed by atoms with Gasteiger partial charge < -0.3 is 10.1 Å². The zero-order chi connectivity index (χ0) is 26.3. The fourth-order valence-electron chi connectivity index (χ4n) is 3.33. The van der Waals surface area contributed by atoms with Crippen LogP contribution in [-0.2, 0) is 14.4 Å². The standard InChI is InChI=1S/C25H24Cl2F3NO4/c1-14(2)18(24(34)25(28,29)30)13-21(32)23(16-5-4-6-17(12-16)35-3)31-22(33)10-8-15-7-9-19(26)20(27)11-15/h4-12,14,18,23H,13H2,1-3H3,(H,31,33)/b10-8+/t18-,23+/m0/s1. The van der Waals surface area contributed by atoms with Gasteiger partial charge in [-0.15, -0.1) is 0 Å². The third-order valence-corrected chi connectivity index (χ3v) is 5.99. The lowest BCUT2D eigenvalue weighted by Gasteiger charge is -2.24. The molecule has 2 aromatic carbocycles. The van der Waals surface area contributed by atoms with Crippen LogP contribution in [0.15, 0.2) is 48.5 Å². The quantitative estimate of drug-likeness (QED) is 0.370. The third kappa shape index (κ3) is 8.11. The molecular formula is C25H24Cl2F3NO4. The van der Waals surface area contributed by atoms with Gasteiger partial charge in [0, 0.05) is 18.4 Å². The van der Waals surface area contributed by atoms with Crippen molar-refractivity contribution in [2.45, 2.75) is 32.5 Å². The van der Waals surface area contributed by atoms with E-state index in [0.29, 0.717) is 21.9 Å². The van der Waals surface area contributed by atoms with Gasteiger partial charge in [-0.3, -0.25) is 14.4 Å². The SMILES string of the molecule is COc1cccc([C@@H](NC(=O)/C=C/c2ccc(Cl)c(Cl)c2)C(=O)C[C@H](C(=O)C(F)(F)F)C(C)C)c1. The van der Waals surface area contributed by atoms with Gasteiger partial charge in [-0.05, 0) is 47.4 Å². The maximum Gasteiger partial charge on any atom is 0.450 e. The van der Waals surface area contributed by atoms with Crippen molar-refractivity contribution in [3.8, 4) is 5.75 Å². The lowest BCUT2D eigenvalue weighted by molar-refractivity contribution is -0.177. The minimum Gasteiger partial charge on any atom is -0.497 e. The largest absolute Gasteiger partial charge is 0.497 e. The van der Waals surface area contributed by atoms with Crippen molar-refractivity contribution in [1.29, 1.82) is 0 Å². The van der Waals surface area contributed by atoms with E-state index in [1.807, 2.05) is 0 Å². The first kappa shape index (κ1) is 28.4. The number of Topliss-reactive ketones (excluding diaryl/α,β-unsaturated/α-hetero) is 2. The van der Waals surface area contributed by atoms with Crippen LogP contribution in [0.2, 0.25) is 10.0 Å². The molecule has 1 N–H and O–H groups in total. The van der Waals surface area contributed by atoms with Crippen molar-refractivity contribution >= 4 is 46.8 Å². The van der Waals surface area contributed by atoms with Crippen molar-refractivity contribution in [3.63, 3.8) is 0 Å². The van der Waals surface area contributed by atoms with Crippen molar-refractivity contribution < 1.29 is 32.3 Å². The summed E-state index contributed by atoms with van der Waals surface area (Å²) in [6, 6.07) is 9.61. The number of halogens is 5. The number of rotatable bonds is 10. The number of hydrogen-bond acceptors (Lipinski definition) is 4. The van der Waals surface area contributed by atoms with E-state index in [1.165, 1.54) is 45.2 Å². The number of alkyl halides is 3. The molecule has 188 valence electrons. The Hall–Kier alpha value is -2.84. The molecule has 2 atom stereocenters. The van der Waals surface area contributed by atoms with E-state index >= 15 is 0 Å². The number of carbonyl (C=O) groups is 3. The highest BCUT2D eigenvalue weighted by Crippen LogP contribution is 2.30. The van der Waals surface area contributed by atoms with Crippen LogP contribution in [0.5, 0.6) is 5.75 Å². The summed E-state index contributed by atoms with van der Waals surface area (Å²) in [7, 11) is 1.41. The van der Waals surface area contributed by atoms with Crippen LogP contribution in [0.1, 0.15) is 37.4 Å². The normalized spacial score (nSPS) is 13.5. The lowest BCUT2D eigenvalue weighted by Crippen LogP contribution is -2.38. The fraction of sp³-hybridized carbons (Fsp3) is 0.320. The molecular weight excluding hydrogens is 506 g/mol. The van der Waals surface area contributed by atoms with E-state index < -0.39 is 47.9 Å². The molecule has 0 aliphatic rings. The van der Waals surface area contributed by atoms with Crippen LogP contribution < -0.4 is 10.1 Å². The molecule has 0 aliphatic heterocycles. The summed E-state index contributed by atoms with van der Waals surface area (Å²) in [5, 5.41) is 3.14. The molecule has 0 spiro atoms. The van der Waals surface area contributed by atoms with Gasteiger partial charge in [-0.25, -0.2) is 0 Å². The Balaban J connectivity index is 2.33. The van der Waals surface area contributed by atoms with E-state index in [1.54, 1.807) is 24.3 Å². The lowest BCUT2D eigenvalue weighted by atomic mass is 9.84. The second-order valence-electron chi connectivity index (χ2n) is 8.11. The monoisotopic (exact) mass is 529 g/mol. The first-order chi connectivity index (χ1) is 16.3. The minimum absolute atomic E-state index is 0.285. The summed E-state index contributed by atoms with van der Waals surface area (Å²) in [5.41, 5.74) is 0.863. The van der Waals surface area contributed by atoms with Gasteiger partial charge in [0.2, 0.25) is 11.7 Å². The molecule has 0 bridgehead atoms. The van der Waals surface area contributed by atoms with Crippen LogP contribution in [0, 0.1) is 11.8 Å². The number of amides is 1. The Bertz CT molecular complexity index is 1120. The van der Waals surface area contributed by atoms with Gasteiger partial charge in [0.05, 0.1) is 17.2 Å². The second-order valence-corrected chi connectivity index (χ2v) is 8.92. The molecule has 2 aromatic rings. The summed E-state index contributed by atoms with van der Waals surface area (Å²) in [5.74, 6) is -5.35. The summed E-state index contributed by atoms with van der Waals surface area (Å²) >= 11 is 11.8. The molecule has 0 aliphatic carbocycles. The molecule has 2 rings (SSSR count). The molecule has 0 aromatic heterocycles. The van der Waals surface area contributed by atoms with Crippen molar-refractivity contribution in [2.24, 2.45) is 11.8 Å². The molecule has 0 fully saturated rings. The first-order valence-corrected chi connectivity index (χ1v) is 11.3. The Morgan fingerprint density at radius 2 is 1.74 bits per heavy atom. The molecule has 5 nitrogen and oxygen atoms in total. The highest BCUT2D eigenvalue weighted by Gasteiger charge is 2.45. The predicted octanol–water partition coefficient (Wildman–Crippen LogP) is 6.24. The number of nitrogens with one attached hydrogen (secondary N) is 1. The van der Waals surface area contributed by atoms with E-state index in [2.05, 4.69) is 5.32 Å². The minimum atomic E-state index is -5.08. The topological polar surface area (TPSA) is 72.5 Å². The second kappa shape index (κ2) is 12.2. The Labute approximate surface area is 211 Å². The smallest absolute Gasteiger partial charge is 0.450 e. The van der Waals surface area contributed by atoms with Crippen LogP contribution >= 0.6 is 23.2 Å². The molecule has 0 radical (unpaired) electrons. The van der Waals surface area contributed by atoms with Crippen molar-refractivity contribution in [3.05, 3.63) is 69.7 Å². The van der Waals surface area contributed by atoms with Gasteiger partial charge in [-0.1, -0.05) is 55.2 Å². The highest BCUT2D eigenvalue weighted by molar-refractivity contribution is 6.42. The number of methoxy groups -OCH3 is 1. The number of hydrogen-bond donors (Lipinski definition) is 1. The molecule has 0 heterocycles. The average Bonchev–Trinajstić information content (AvgIpc) is 2.80. The predicted molar refractivity (Wildman–Crippen MR) is 128 cm³/mol. The zero-order valence-electron chi connectivity index (χ0n) is 19.2. The Morgan fingerprint density at radius 1 is 1.06 bits per heavy atom. The molecule has 35 heavy (non-hydrogen) atoms. The van der Waals surface area contributed by atoms with Crippen LogP contribution in [0.3, 0.4) is 0 Å². The van der Waals surface area contributed by atoms with Gasteiger partial charge in [0.25, 0.3) is 0 Å². The van der Waals surface area contributed by atoms with Crippen molar-refractivity contribution in [2.75, 3.05) is 7.11 Å². The maximum atomic E-state index is 13.2. The third-order valence-electron chi connectivity index (χ3n) is 5.25. The van der Waals surface area contributed by atoms with E-state index in [4.69, 9.17) is 27.9 Å². The highest BCUT2D eigenvalue weighted by atomic mass is 35.5. The summed E-state index contributed by atoms with van der Waals surface area (Å²) in [4.78, 5) is 37.7. The number of ether oxygens (including phenoxy) is 1. The number of benzene rings is 2.